The summed E-state index contributed by atoms with van der Waals surface area (Å²) < 4.78 is 46.4. The molecule has 0 saturated heterocycles. The van der Waals surface area contributed by atoms with E-state index in [1.54, 1.807) is 18.3 Å². The Morgan fingerprint density at radius 2 is 1.81 bits per heavy atom. The molecular formula is C19H19Cl2N2O6PS. The predicted octanol–water partition coefficient (Wildman–Crippen LogP) is 4.98. The lowest BCUT2D eigenvalue weighted by molar-refractivity contribution is 0.0941. The van der Waals surface area contributed by atoms with Gasteiger partial charge in [0, 0.05) is 28.6 Å². The number of aromatic nitrogens is 1. The summed E-state index contributed by atoms with van der Waals surface area (Å²) in [5.41, 5.74) is 0.676. The summed E-state index contributed by atoms with van der Waals surface area (Å²) in [4.78, 5) is 21.7. The Morgan fingerprint density at radius 3 is 2.39 bits per heavy atom. The molecule has 2 aromatic carbocycles. The van der Waals surface area contributed by atoms with E-state index in [0.29, 0.717) is 10.9 Å². The van der Waals surface area contributed by atoms with E-state index in [0.717, 1.165) is 4.31 Å². The van der Waals surface area contributed by atoms with Crippen LogP contribution in [0.25, 0.3) is 10.9 Å². The van der Waals surface area contributed by atoms with Gasteiger partial charge in [-0.1, -0.05) is 23.2 Å². The average molecular weight is 505 g/mol. The molecule has 1 heterocycles. The highest BCUT2D eigenvalue weighted by Gasteiger charge is 2.33. The van der Waals surface area contributed by atoms with Crippen LogP contribution in [0, 0.1) is 0 Å². The molecule has 0 aliphatic rings. The van der Waals surface area contributed by atoms with Crippen molar-refractivity contribution in [2.75, 3.05) is 17.2 Å². The van der Waals surface area contributed by atoms with Crippen molar-refractivity contribution in [2.24, 2.45) is 0 Å². The lowest BCUT2D eigenvalue weighted by Gasteiger charge is -2.26. The van der Waals surface area contributed by atoms with E-state index in [2.05, 4.69) is 0 Å². The van der Waals surface area contributed by atoms with Gasteiger partial charge in [0.1, 0.15) is 6.29 Å². The van der Waals surface area contributed by atoms with Crippen LogP contribution in [-0.4, -0.2) is 36.7 Å². The van der Waals surface area contributed by atoms with Crippen molar-refractivity contribution in [3.8, 4) is 0 Å². The third kappa shape index (κ3) is 5.14. The van der Waals surface area contributed by atoms with Crippen LogP contribution in [0.1, 0.15) is 18.6 Å². The van der Waals surface area contributed by atoms with Crippen molar-refractivity contribution in [1.29, 1.82) is 0 Å². The fraction of sp³-hybridized carbons (Fsp3) is 0.211. The normalized spacial score (nSPS) is 13.8. The smallest absolute Gasteiger partial charge is 0.323 e. The molecule has 1 unspecified atom stereocenters. The van der Waals surface area contributed by atoms with Gasteiger partial charge in [-0.25, -0.2) is 8.42 Å². The monoisotopic (exact) mass is 504 g/mol. The van der Waals surface area contributed by atoms with Crippen molar-refractivity contribution in [3.05, 3.63) is 58.7 Å². The topological polar surface area (TPSA) is 106 Å². The second kappa shape index (κ2) is 8.94. The standard InChI is InChI=1S/C19H19Cl2N2O6PS/c1-3-29-30(25,26)12-23(31(27,28)18-10-15(20)9-16(21)11-18)17-4-5-19-14(8-17)6-7-22(19)13(2)24/h4-11H,3,12H2,1-2H3,(H,25,26). The molecule has 0 saturated carbocycles. The molecule has 0 aliphatic heterocycles. The molecule has 3 aromatic rings. The first-order valence-corrected chi connectivity index (χ1v) is 13.0. The van der Waals surface area contributed by atoms with Crippen LogP contribution < -0.4 is 4.31 Å². The fourth-order valence-electron chi connectivity index (χ4n) is 3.07. The van der Waals surface area contributed by atoms with Gasteiger partial charge in [0.05, 0.1) is 22.7 Å². The molecule has 3 rings (SSSR count). The number of fused-ring (bicyclic) bond motifs is 1. The second-order valence-electron chi connectivity index (χ2n) is 6.60. The first kappa shape index (κ1) is 23.8. The molecule has 0 amide bonds. The van der Waals surface area contributed by atoms with Crippen LogP contribution in [0.3, 0.4) is 0 Å². The molecule has 8 nitrogen and oxygen atoms in total. The van der Waals surface area contributed by atoms with Crippen LogP contribution in [0.15, 0.2) is 53.6 Å². The van der Waals surface area contributed by atoms with Gasteiger partial charge in [-0.15, -0.1) is 0 Å². The van der Waals surface area contributed by atoms with Crippen molar-refractivity contribution in [1.82, 2.24) is 4.57 Å². The Labute approximate surface area is 189 Å². The molecule has 1 aromatic heterocycles. The molecule has 0 radical (unpaired) electrons. The van der Waals surface area contributed by atoms with E-state index >= 15 is 0 Å². The Bertz CT molecular complexity index is 1290. The number of anilines is 1. The zero-order valence-electron chi connectivity index (χ0n) is 16.5. The first-order chi connectivity index (χ1) is 14.4. The van der Waals surface area contributed by atoms with Gasteiger partial charge in [-0.3, -0.25) is 18.2 Å². The molecule has 166 valence electrons. The third-order valence-corrected chi connectivity index (χ3v) is 8.04. The van der Waals surface area contributed by atoms with Crippen LogP contribution in [0.4, 0.5) is 5.69 Å². The minimum Gasteiger partial charge on any atom is -0.323 e. The minimum absolute atomic E-state index is 0.0782. The molecule has 0 spiro atoms. The van der Waals surface area contributed by atoms with E-state index < -0.39 is 23.9 Å². The quantitative estimate of drug-likeness (QED) is 0.454. The SMILES string of the molecule is CCOP(=O)(O)CN(c1ccc2c(ccn2C(C)=O)c1)S(=O)(=O)c1cc(Cl)cc(Cl)c1. The largest absolute Gasteiger partial charge is 0.348 e. The van der Waals surface area contributed by atoms with Gasteiger partial charge in [0.2, 0.25) is 5.91 Å². The Morgan fingerprint density at radius 1 is 1.16 bits per heavy atom. The van der Waals surface area contributed by atoms with Crippen LogP contribution in [0.2, 0.25) is 10.0 Å². The van der Waals surface area contributed by atoms with E-state index in [1.807, 2.05) is 0 Å². The van der Waals surface area contributed by atoms with Gasteiger partial charge < -0.3 is 9.42 Å². The highest BCUT2D eigenvalue weighted by Crippen LogP contribution is 2.45. The van der Waals surface area contributed by atoms with Gasteiger partial charge in [0.25, 0.3) is 10.0 Å². The maximum absolute atomic E-state index is 13.4. The average Bonchev–Trinajstić information content (AvgIpc) is 3.08. The third-order valence-electron chi connectivity index (χ3n) is 4.36. The maximum Gasteiger partial charge on any atom is 0.348 e. The van der Waals surface area contributed by atoms with Gasteiger partial charge >= 0.3 is 7.60 Å². The fourth-order valence-corrected chi connectivity index (χ4v) is 6.94. The van der Waals surface area contributed by atoms with E-state index in [-0.39, 0.29) is 33.1 Å². The number of carbonyl (C=O) groups is 1. The number of nitrogens with zero attached hydrogens (tertiary/aromatic N) is 2. The number of carbonyl (C=O) groups excluding carboxylic acids is 1. The predicted molar refractivity (Wildman–Crippen MR) is 121 cm³/mol. The Balaban J connectivity index is 2.18. The number of hydrogen-bond acceptors (Lipinski definition) is 5. The second-order valence-corrected chi connectivity index (χ2v) is 11.2. The molecule has 0 fully saturated rings. The minimum atomic E-state index is -4.35. The summed E-state index contributed by atoms with van der Waals surface area (Å²) in [7, 11) is -8.65. The first-order valence-electron chi connectivity index (χ1n) is 9.02. The number of rotatable bonds is 7. The summed E-state index contributed by atoms with van der Waals surface area (Å²) in [5, 5.41) is 0.759. The zero-order valence-corrected chi connectivity index (χ0v) is 19.8. The number of sulfonamides is 1. The summed E-state index contributed by atoms with van der Waals surface area (Å²) in [6, 6.07) is 9.92. The van der Waals surface area contributed by atoms with Crippen molar-refractivity contribution >= 4 is 63.3 Å². The van der Waals surface area contributed by atoms with Gasteiger partial charge in [0.15, 0.2) is 0 Å². The highest BCUT2D eigenvalue weighted by molar-refractivity contribution is 7.93. The van der Waals surface area contributed by atoms with Crippen LogP contribution in [-0.2, 0) is 19.1 Å². The maximum atomic E-state index is 13.4. The molecule has 31 heavy (non-hydrogen) atoms. The van der Waals surface area contributed by atoms with Gasteiger partial charge in [-0.05, 0) is 49.4 Å². The van der Waals surface area contributed by atoms with Crippen molar-refractivity contribution in [2.45, 2.75) is 18.7 Å². The Kier molecular flexibility index (Phi) is 6.86. The lowest BCUT2D eigenvalue weighted by Crippen LogP contribution is -2.32. The Hall–Kier alpha value is -1.87. The molecular weight excluding hydrogens is 486 g/mol. The molecule has 1 atom stereocenters. The summed E-state index contributed by atoms with van der Waals surface area (Å²) >= 11 is 11.9. The van der Waals surface area contributed by atoms with Gasteiger partial charge in [-0.2, -0.15) is 0 Å². The van der Waals surface area contributed by atoms with E-state index in [4.69, 9.17) is 27.7 Å². The zero-order chi connectivity index (χ0) is 23.0. The van der Waals surface area contributed by atoms with Crippen molar-refractivity contribution < 1.29 is 27.2 Å². The number of halogens is 2. The summed E-state index contributed by atoms with van der Waals surface area (Å²) in [6.45, 7) is 2.84. The highest BCUT2D eigenvalue weighted by atomic mass is 35.5. The van der Waals surface area contributed by atoms with Crippen LogP contribution >= 0.6 is 30.8 Å². The number of benzene rings is 2. The molecule has 1 N–H and O–H groups in total. The summed E-state index contributed by atoms with van der Waals surface area (Å²) in [5.74, 6) is -0.211. The summed E-state index contributed by atoms with van der Waals surface area (Å²) in [6.07, 6.45) is 0.732. The lowest BCUT2D eigenvalue weighted by atomic mass is 10.2. The number of hydrogen-bond donors (Lipinski definition) is 1. The molecule has 0 aliphatic carbocycles. The van der Waals surface area contributed by atoms with E-state index in [1.165, 1.54) is 48.7 Å². The molecule has 0 bridgehead atoms. The van der Waals surface area contributed by atoms with Crippen molar-refractivity contribution in [3.63, 3.8) is 0 Å². The van der Waals surface area contributed by atoms with Crippen LogP contribution in [0.5, 0.6) is 0 Å². The van der Waals surface area contributed by atoms with E-state index in [9.17, 15) is 22.7 Å². The molecule has 12 heteroatoms.